The summed E-state index contributed by atoms with van der Waals surface area (Å²) in [4.78, 5) is 14.8. The number of nitrogens with zero attached hydrogens (tertiary/aromatic N) is 2. The smallest absolute Gasteiger partial charge is 0.412 e. The van der Waals surface area contributed by atoms with Crippen molar-refractivity contribution >= 4 is 17.5 Å². The Bertz CT molecular complexity index is 1240. The molecular weight excluding hydrogens is 426 g/mol. The van der Waals surface area contributed by atoms with Crippen molar-refractivity contribution in [2.24, 2.45) is 0 Å². The number of aromatic nitrogens is 1. The average Bonchev–Trinajstić information content (AvgIpc) is 3.55. The molecule has 1 aliphatic heterocycles. The largest absolute Gasteiger partial charge is 0.444 e. The number of anilines is 2. The Kier molecular flexibility index (Phi) is 6.29. The molecule has 0 atom stereocenters. The lowest BCUT2D eigenvalue weighted by Gasteiger charge is -2.17. The lowest BCUT2D eigenvalue weighted by Crippen LogP contribution is -2.17. The van der Waals surface area contributed by atoms with E-state index in [1.165, 1.54) is 18.5 Å². The highest BCUT2D eigenvalue weighted by Crippen LogP contribution is 2.33. The highest BCUT2D eigenvalue weighted by Gasteiger charge is 2.18. The lowest BCUT2D eigenvalue weighted by molar-refractivity contribution is 0.155. The van der Waals surface area contributed by atoms with Gasteiger partial charge >= 0.3 is 6.09 Å². The van der Waals surface area contributed by atoms with Crippen molar-refractivity contribution in [3.05, 3.63) is 90.1 Å². The summed E-state index contributed by atoms with van der Waals surface area (Å²) in [6, 6.07) is 26.3. The van der Waals surface area contributed by atoms with Crippen molar-refractivity contribution in [1.29, 1.82) is 0 Å². The summed E-state index contributed by atoms with van der Waals surface area (Å²) in [5.74, 6) is 0.505. The van der Waals surface area contributed by atoms with Gasteiger partial charge in [-0.2, -0.15) is 0 Å². The van der Waals surface area contributed by atoms with Crippen LogP contribution in [-0.4, -0.2) is 24.3 Å². The number of rotatable bonds is 6. The molecule has 6 nitrogen and oxygen atoms in total. The Morgan fingerprint density at radius 1 is 0.912 bits per heavy atom. The van der Waals surface area contributed by atoms with E-state index in [0.29, 0.717) is 17.1 Å². The molecule has 0 saturated carbocycles. The first kappa shape index (κ1) is 21.8. The number of hydrogen-bond acceptors (Lipinski definition) is 5. The molecule has 1 aliphatic rings. The molecule has 0 radical (unpaired) electrons. The molecule has 3 aromatic carbocycles. The number of carbonyl (C=O) groups excluding carboxylic acids is 1. The Hall–Kier alpha value is -4.06. The van der Waals surface area contributed by atoms with Gasteiger partial charge in [-0.05, 0) is 48.6 Å². The molecule has 1 saturated heterocycles. The van der Waals surface area contributed by atoms with Crippen molar-refractivity contribution in [2.45, 2.75) is 26.4 Å². The van der Waals surface area contributed by atoms with Crippen molar-refractivity contribution < 1.29 is 14.1 Å². The van der Waals surface area contributed by atoms with E-state index in [4.69, 9.17) is 9.26 Å². The van der Waals surface area contributed by atoms with E-state index >= 15 is 0 Å². The summed E-state index contributed by atoms with van der Waals surface area (Å²) in [5.41, 5.74) is 6.41. The number of ether oxygens (including phenoxy) is 1. The molecule has 0 bridgehead atoms. The third kappa shape index (κ3) is 4.81. The number of benzene rings is 3. The fourth-order valence-corrected chi connectivity index (χ4v) is 4.23. The highest BCUT2D eigenvalue weighted by atomic mass is 16.5. The maximum Gasteiger partial charge on any atom is 0.412 e. The predicted octanol–water partition coefficient (Wildman–Crippen LogP) is 6.67. The third-order valence-corrected chi connectivity index (χ3v) is 6.12. The van der Waals surface area contributed by atoms with Crippen LogP contribution in [0.5, 0.6) is 0 Å². The van der Waals surface area contributed by atoms with E-state index in [1.807, 2.05) is 42.5 Å². The van der Waals surface area contributed by atoms with E-state index in [0.717, 1.165) is 35.3 Å². The highest BCUT2D eigenvalue weighted by molar-refractivity contribution is 5.91. The van der Waals surface area contributed by atoms with Gasteiger partial charge in [0.05, 0.1) is 0 Å². The summed E-state index contributed by atoms with van der Waals surface area (Å²) in [6.45, 7) is 4.26. The molecule has 0 aliphatic carbocycles. The SMILES string of the molecule is Cc1noc(-c2ccc(-c3ccc(N4CCCC4)cc3)cc2)c1NC(=O)OCc1ccccc1. The van der Waals surface area contributed by atoms with Gasteiger partial charge in [0, 0.05) is 24.3 Å². The van der Waals surface area contributed by atoms with Crippen molar-refractivity contribution in [3.63, 3.8) is 0 Å². The normalized spacial score (nSPS) is 13.1. The van der Waals surface area contributed by atoms with Crippen molar-refractivity contribution in [2.75, 3.05) is 23.3 Å². The fourth-order valence-electron chi connectivity index (χ4n) is 4.23. The molecule has 2 heterocycles. The van der Waals surface area contributed by atoms with Gasteiger partial charge in [0.1, 0.15) is 18.0 Å². The summed E-state index contributed by atoms with van der Waals surface area (Å²) < 4.78 is 10.9. The third-order valence-electron chi connectivity index (χ3n) is 6.12. The minimum Gasteiger partial charge on any atom is -0.444 e. The first-order chi connectivity index (χ1) is 16.7. The molecule has 1 aromatic heterocycles. The maximum atomic E-state index is 12.4. The monoisotopic (exact) mass is 453 g/mol. The summed E-state index contributed by atoms with van der Waals surface area (Å²) in [5, 5.41) is 6.83. The Balaban J connectivity index is 1.27. The van der Waals surface area contributed by atoms with Crippen LogP contribution in [0.4, 0.5) is 16.2 Å². The zero-order valence-corrected chi connectivity index (χ0v) is 19.2. The Morgan fingerprint density at radius 2 is 1.53 bits per heavy atom. The zero-order valence-electron chi connectivity index (χ0n) is 19.2. The van der Waals surface area contributed by atoms with E-state index in [-0.39, 0.29) is 6.61 Å². The number of amides is 1. The van der Waals surface area contributed by atoms with Crippen LogP contribution in [0.3, 0.4) is 0 Å². The van der Waals surface area contributed by atoms with E-state index in [9.17, 15) is 4.79 Å². The van der Waals surface area contributed by atoms with Gasteiger partial charge in [-0.3, -0.25) is 5.32 Å². The van der Waals surface area contributed by atoms with Crippen LogP contribution in [0, 0.1) is 6.92 Å². The van der Waals surface area contributed by atoms with Gasteiger partial charge in [-0.1, -0.05) is 71.9 Å². The second-order valence-electron chi connectivity index (χ2n) is 8.48. The van der Waals surface area contributed by atoms with Crippen molar-refractivity contribution in [1.82, 2.24) is 5.16 Å². The van der Waals surface area contributed by atoms with Gasteiger partial charge in [0.15, 0.2) is 5.76 Å². The number of nitrogens with one attached hydrogen (secondary N) is 1. The minimum atomic E-state index is -0.550. The average molecular weight is 454 g/mol. The predicted molar refractivity (Wildman–Crippen MR) is 134 cm³/mol. The lowest BCUT2D eigenvalue weighted by atomic mass is 10.0. The Morgan fingerprint density at radius 3 is 2.21 bits per heavy atom. The molecule has 0 spiro atoms. The number of aryl methyl sites for hydroxylation is 1. The summed E-state index contributed by atoms with van der Waals surface area (Å²) in [7, 11) is 0. The van der Waals surface area contributed by atoms with Crippen molar-refractivity contribution in [3.8, 4) is 22.5 Å². The van der Waals surface area contributed by atoms with Crippen LogP contribution >= 0.6 is 0 Å². The van der Waals surface area contributed by atoms with Crippen LogP contribution < -0.4 is 10.2 Å². The topological polar surface area (TPSA) is 67.6 Å². The van der Waals surface area contributed by atoms with Crippen LogP contribution in [-0.2, 0) is 11.3 Å². The van der Waals surface area contributed by atoms with Gasteiger partial charge in [-0.15, -0.1) is 0 Å². The van der Waals surface area contributed by atoms with Gasteiger partial charge < -0.3 is 14.2 Å². The molecule has 5 rings (SSSR count). The molecule has 4 aromatic rings. The molecule has 1 amide bonds. The molecule has 172 valence electrons. The maximum absolute atomic E-state index is 12.4. The van der Waals surface area contributed by atoms with Crippen LogP contribution in [0.15, 0.2) is 83.4 Å². The van der Waals surface area contributed by atoms with Crippen LogP contribution in [0.1, 0.15) is 24.1 Å². The van der Waals surface area contributed by atoms with E-state index in [1.54, 1.807) is 6.92 Å². The van der Waals surface area contributed by atoms with Gasteiger partial charge in [0.2, 0.25) is 0 Å². The first-order valence-electron chi connectivity index (χ1n) is 11.6. The van der Waals surface area contributed by atoms with Crippen LogP contribution in [0.2, 0.25) is 0 Å². The fraction of sp³-hybridized carbons (Fsp3) is 0.214. The molecule has 34 heavy (non-hydrogen) atoms. The molecule has 1 fully saturated rings. The molecule has 1 N–H and O–H groups in total. The van der Waals surface area contributed by atoms with Gasteiger partial charge in [-0.25, -0.2) is 4.79 Å². The van der Waals surface area contributed by atoms with Crippen LogP contribution in [0.25, 0.3) is 22.5 Å². The zero-order chi connectivity index (χ0) is 23.3. The second kappa shape index (κ2) is 9.83. The molecular formula is C28H27N3O3. The van der Waals surface area contributed by atoms with E-state index < -0.39 is 6.09 Å². The Labute approximate surface area is 199 Å². The summed E-state index contributed by atoms with van der Waals surface area (Å²) >= 11 is 0. The second-order valence-corrected chi connectivity index (χ2v) is 8.48. The molecule has 0 unspecified atom stereocenters. The first-order valence-corrected chi connectivity index (χ1v) is 11.6. The minimum absolute atomic E-state index is 0.192. The molecule has 6 heteroatoms. The van der Waals surface area contributed by atoms with Gasteiger partial charge in [0.25, 0.3) is 0 Å². The quantitative estimate of drug-likeness (QED) is 0.353. The standard InChI is InChI=1S/C28H27N3O3/c1-20-26(29-28(32)33-19-21-7-3-2-4-8-21)27(34-30-20)24-11-9-22(10-12-24)23-13-15-25(16-14-23)31-17-5-6-18-31/h2-4,7-16H,5-6,17-19H2,1H3,(H,29,32). The summed E-state index contributed by atoms with van der Waals surface area (Å²) in [6.07, 6.45) is 1.99. The number of hydrogen-bond donors (Lipinski definition) is 1. The number of carbonyl (C=O) groups is 1. The van der Waals surface area contributed by atoms with E-state index in [2.05, 4.69) is 51.8 Å².